The summed E-state index contributed by atoms with van der Waals surface area (Å²) in [5.41, 5.74) is 0.557. The van der Waals surface area contributed by atoms with Gasteiger partial charge in [-0.2, -0.15) is 0 Å². The largest absolute Gasteiger partial charge is 0.493 e. The van der Waals surface area contributed by atoms with E-state index in [-0.39, 0.29) is 23.9 Å². The molecular weight excluding hydrogens is 479 g/mol. The molecule has 0 spiro atoms. The number of methoxy groups -OCH3 is 2. The Morgan fingerprint density at radius 1 is 1.03 bits per heavy atom. The van der Waals surface area contributed by atoms with Gasteiger partial charge in [-0.15, -0.1) is 11.3 Å². The fraction of sp³-hybridized carbons (Fsp3) is 0.357. The molecule has 0 aliphatic heterocycles. The number of benzene rings is 2. The van der Waals surface area contributed by atoms with Crippen molar-refractivity contribution in [2.24, 2.45) is 0 Å². The number of halogens is 1. The molecule has 1 aromatic heterocycles. The molecule has 1 N–H and O–H groups in total. The second kappa shape index (κ2) is 12.0. The van der Waals surface area contributed by atoms with Crippen LogP contribution >= 0.6 is 11.3 Å². The number of thiophene rings is 1. The first kappa shape index (κ1) is 25.7. The zero-order chi connectivity index (χ0) is 25.5. The maximum atomic E-state index is 15.2. The molecule has 0 radical (unpaired) electrons. The molecule has 36 heavy (non-hydrogen) atoms. The van der Waals surface area contributed by atoms with E-state index in [9.17, 15) is 9.59 Å². The van der Waals surface area contributed by atoms with Gasteiger partial charge >= 0.3 is 0 Å². The molecule has 0 bridgehead atoms. The molecule has 1 atom stereocenters. The Balaban J connectivity index is 1.81. The first-order chi connectivity index (χ1) is 17.5. The molecule has 1 aliphatic rings. The third kappa shape index (κ3) is 5.87. The molecule has 0 saturated heterocycles. The second-order valence-corrected chi connectivity index (χ2v) is 9.86. The number of hydrogen-bond acceptors (Lipinski definition) is 5. The predicted molar refractivity (Wildman–Crippen MR) is 139 cm³/mol. The Labute approximate surface area is 215 Å². The van der Waals surface area contributed by atoms with Crippen molar-refractivity contribution in [2.45, 2.75) is 50.6 Å². The van der Waals surface area contributed by atoms with Gasteiger partial charge in [0.1, 0.15) is 11.9 Å². The number of carbonyl (C=O) groups excluding carboxylic acids is 2. The van der Waals surface area contributed by atoms with Gasteiger partial charge in [0.15, 0.2) is 11.5 Å². The van der Waals surface area contributed by atoms with Gasteiger partial charge in [0, 0.05) is 28.2 Å². The highest BCUT2D eigenvalue weighted by molar-refractivity contribution is 7.10. The number of nitrogens with one attached hydrogen (secondary N) is 1. The third-order valence-electron chi connectivity index (χ3n) is 6.48. The second-order valence-electron chi connectivity index (χ2n) is 8.83. The van der Waals surface area contributed by atoms with Gasteiger partial charge in [-0.25, -0.2) is 4.39 Å². The quantitative estimate of drug-likeness (QED) is 0.403. The van der Waals surface area contributed by atoms with Gasteiger partial charge in [-0.05, 0) is 42.5 Å². The van der Waals surface area contributed by atoms with Crippen molar-refractivity contribution in [1.29, 1.82) is 0 Å². The van der Waals surface area contributed by atoms with E-state index in [4.69, 9.17) is 9.47 Å². The van der Waals surface area contributed by atoms with Crippen molar-refractivity contribution in [1.82, 2.24) is 5.32 Å². The Morgan fingerprint density at radius 3 is 2.44 bits per heavy atom. The summed E-state index contributed by atoms with van der Waals surface area (Å²) < 4.78 is 26.0. The van der Waals surface area contributed by atoms with Crippen LogP contribution in [0.15, 0.2) is 60.0 Å². The molecule has 190 valence electrons. The average molecular weight is 511 g/mol. The lowest BCUT2D eigenvalue weighted by Gasteiger charge is -2.34. The lowest BCUT2D eigenvalue weighted by atomic mass is 9.94. The van der Waals surface area contributed by atoms with Crippen molar-refractivity contribution in [2.75, 3.05) is 19.1 Å². The fourth-order valence-corrected chi connectivity index (χ4v) is 5.38. The third-order valence-corrected chi connectivity index (χ3v) is 7.35. The number of ether oxygens (including phenoxy) is 2. The number of nitrogens with zero attached hydrogens (tertiary/aromatic N) is 1. The average Bonchev–Trinajstić information content (AvgIpc) is 3.41. The highest BCUT2D eigenvalue weighted by Gasteiger charge is 2.36. The normalized spacial score (nSPS) is 14.6. The zero-order valence-electron chi connectivity index (χ0n) is 20.5. The van der Waals surface area contributed by atoms with Crippen molar-refractivity contribution in [3.8, 4) is 11.5 Å². The van der Waals surface area contributed by atoms with Gasteiger partial charge in [-0.1, -0.05) is 43.5 Å². The molecule has 2 amide bonds. The summed E-state index contributed by atoms with van der Waals surface area (Å²) in [5, 5.41) is 5.00. The number of rotatable bonds is 9. The molecule has 1 fully saturated rings. The van der Waals surface area contributed by atoms with Crippen molar-refractivity contribution in [3.63, 3.8) is 0 Å². The van der Waals surface area contributed by atoms with Crippen molar-refractivity contribution in [3.05, 3.63) is 76.2 Å². The molecule has 1 heterocycles. The van der Waals surface area contributed by atoms with Crippen molar-refractivity contribution >= 4 is 28.8 Å². The van der Waals surface area contributed by atoms with E-state index in [1.54, 1.807) is 36.4 Å². The van der Waals surface area contributed by atoms with Crippen LogP contribution in [0.3, 0.4) is 0 Å². The number of carbonyl (C=O) groups is 2. The van der Waals surface area contributed by atoms with Crippen LogP contribution in [-0.2, 0) is 16.0 Å². The molecule has 3 aromatic rings. The van der Waals surface area contributed by atoms with Crippen LogP contribution in [0.25, 0.3) is 0 Å². The van der Waals surface area contributed by atoms with Gasteiger partial charge < -0.3 is 14.8 Å². The first-order valence-electron chi connectivity index (χ1n) is 12.1. The summed E-state index contributed by atoms with van der Waals surface area (Å²) in [7, 11) is 3.03. The van der Waals surface area contributed by atoms with Gasteiger partial charge in [0.05, 0.1) is 20.6 Å². The molecular formula is C28H31FN2O4S. The number of anilines is 1. The van der Waals surface area contributed by atoms with Crippen LogP contribution in [0, 0.1) is 5.82 Å². The van der Waals surface area contributed by atoms with Crippen LogP contribution < -0.4 is 19.7 Å². The van der Waals surface area contributed by atoms with Gasteiger partial charge in [0.2, 0.25) is 11.8 Å². The van der Waals surface area contributed by atoms with E-state index in [0.29, 0.717) is 17.2 Å². The lowest BCUT2D eigenvalue weighted by molar-refractivity contribution is -0.127. The molecule has 1 saturated carbocycles. The molecule has 1 aliphatic carbocycles. The van der Waals surface area contributed by atoms with Crippen LogP contribution in [0.4, 0.5) is 10.1 Å². The Kier molecular flexibility index (Phi) is 8.59. The van der Waals surface area contributed by atoms with E-state index < -0.39 is 17.8 Å². The minimum atomic E-state index is -1.20. The van der Waals surface area contributed by atoms with E-state index in [2.05, 4.69) is 5.32 Å². The Morgan fingerprint density at radius 2 is 1.78 bits per heavy atom. The van der Waals surface area contributed by atoms with E-state index >= 15 is 4.39 Å². The van der Waals surface area contributed by atoms with Gasteiger partial charge in [-0.3, -0.25) is 14.5 Å². The molecule has 8 heteroatoms. The summed E-state index contributed by atoms with van der Waals surface area (Å²) in [6, 6.07) is 13.7. The first-order valence-corrected chi connectivity index (χ1v) is 13.0. The van der Waals surface area contributed by atoms with Gasteiger partial charge in [0.25, 0.3) is 0 Å². The Hall–Kier alpha value is -3.39. The topological polar surface area (TPSA) is 67.9 Å². The summed E-state index contributed by atoms with van der Waals surface area (Å²) in [6.45, 7) is 0. The maximum Gasteiger partial charge on any atom is 0.248 e. The molecule has 6 nitrogen and oxygen atoms in total. The van der Waals surface area contributed by atoms with Crippen LogP contribution in [0.2, 0.25) is 0 Å². The highest BCUT2D eigenvalue weighted by atomic mass is 32.1. The summed E-state index contributed by atoms with van der Waals surface area (Å²) in [6.07, 6.45) is 5.02. The SMILES string of the molecule is COc1ccc(N(C(=O)Cc2cccs2)[C@H](C(=O)NC2CCCCC2)c2ccccc2F)cc1OC. The smallest absolute Gasteiger partial charge is 0.248 e. The maximum absolute atomic E-state index is 15.2. The summed E-state index contributed by atoms with van der Waals surface area (Å²) >= 11 is 1.46. The minimum absolute atomic E-state index is 0.000162. The van der Waals surface area contributed by atoms with E-state index in [1.165, 1.54) is 36.5 Å². The van der Waals surface area contributed by atoms with Crippen LogP contribution in [0.5, 0.6) is 11.5 Å². The summed E-state index contributed by atoms with van der Waals surface area (Å²) in [4.78, 5) is 29.9. The minimum Gasteiger partial charge on any atom is -0.493 e. The predicted octanol–water partition coefficient (Wildman–Crippen LogP) is 5.67. The number of hydrogen-bond donors (Lipinski definition) is 1. The molecule has 0 unspecified atom stereocenters. The van der Waals surface area contributed by atoms with Crippen molar-refractivity contribution < 1.29 is 23.5 Å². The standard InChI is InChI=1S/C28H31FN2O4S/c1-34-24-15-14-20(17-25(24)35-2)31(26(32)18-21-11-8-16-36-21)27(22-12-6-7-13-23(22)29)28(33)30-19-9-4-3-5-10-19/h6-8,11-17,19,27H,3-5,9-10,18H2,1-2H3,(H,30,33)/t27-/m0/s1. The Bertz CT molecular complexity index is 1180. The zero-order valence-corrected chi connectivity index (χ0v) is 21.4. The fourth-order valence-electron chi connectivity index (χ4n) is 4.68. The summed E-state index contributed by atoms with van der Waals surface area (Å²) in [5.74, 6) is -0.376. The highest BCUT2D eigenvalue weighted by Crippen LogP contribution is 2.37. The van der Waals surface area contributed by atoms with E-state index in [0.717, 1.165) is 37.0 Å². The van der Waals surface area contributed by atoms with E-state index in [1.807, 2.05) is 17.5 Å². The molecule has 2 aromatic carbocycles. The van der Waals surface area contributed by atoms with Crippen LogP contribution in [0.1, 0.15) is 48.6 Å². The van der Waals surface area contributed by atoms with Crippen LogP contribution in [-0.4, -0.2) is 32.1 Å². The molecule has 4 rings (SSSR count). The lowest BCUT2D eigenvalue weighted by Crippen LogP contribution is -2.48. The monoisotopic (exact) mass is 510 g/mol. The number of amides is 2.